The van der Waals surface area contributed by atoms with Crippen molar-refractivity contribution in [3.63, 3.8) is 0 Å². The minimum atomic E-state index is -0.365. The van der Waals surface area contributed by atoms with Crippen LogP contribution in [0.25, 0.3) is 11.0 Å². The largest absolute Gasteiger partial charge is 0.496 e. The van der Waals surface area contributed by atoms with Gasteiger partial charge in [-0.25, -0.2) is 9.37 Å². The fourth-order valence-electron chi connectivity index (χ4n) is 4.23. The van der Waals surface area contributed by atoms with Gasteiger partial charge >= 0.3 is 0 Å². The summed E-state index contributed by atoms with van der Waals surface area (Å²) in [5, 5.41) is 7.76. The fourth-order valence-corrected chi connectivity index (χ4v) is 4.39. The zero-order valence-electron chi connectivity index (χ0n) is 19.9. The third-order valence-corrected chi connectivity index (χ3v) is 6.31. The molecule has 188 valence electrons. The average molecular weight is 505 g/mol. The molecule has 0 radical (unpaired) electrons. The van der Waals surface area contributed by atoms with Crippen molar-refractivity contribution in [1.82, 2.24) is 24.6 Å². The number of amides is 1. The quantitative estimate of drug-likeness (QED) is 0.337. The number of unbranched alkanes of at least 4 members (excludes halogenated alkanes) is 1. The van der Waals surface area contributed by atoms with Crippen molar-refractivity contribution in [2.75, 3.05) is 61.7 Å². The first-order valence-electron chi connectivity index (χ1n) is 11.6. The number of methoxy groups -OCH3 is 1. The van der Waals surface area contributed by atoms with Crippen LogP contribution in [0.5, 0.6) is 5.75 Å². The maximum Gasteiger partial charge on any atom is 0.237 e. The number of hydrogen-bond acceptors (Lipinski definition) is 8. The van der Waals surface area contributed by atoms with Crippen LogP contribution in [0.1, 0.15) is 25.3 Å². The molecule has 0 bridgehead atoms. The summed E-state index contributed by atoms with van der Waals surface area (Å²) in [6, 6.07) is 3.17. The Kier molecular flexibility index (Phi) is 7.74. The molecule has 0 aliphatic carbocycles. The monoisotopic (exact) mass is 504 g/mol. The van der Waals surface area contributed by atoms with E-state index in [-0.39, 0.29) is 30.1 Å². The summed E-state index contributed by atoms with van der Waals surface area (Å²) in [6.45, 7) is 5.12. The molecule has 0 saturated carbocycles. The zero-order valence-corrected chi connectivity index (χ0v) is 20.7. The van der Waals surface area contributed by atoms with Gasteiger partial charge in [-0.15, -0.1) is 11.6 Å². The van der Waals surface area contributed by atoms with Crippen molar-refractivity contribution in [1.29, 1.82) is 0 Å². The van der Waals surface area contributed by atoms with E-state index in [1.807, 2.05) is 4.90 Å². The first-order chi connectivity index (χ1) is 16.9. The van der Waals surface area contributed by atoms with Gasteiger partial charge in [0.15, 0.2) is 5.82 Å². The highest BCUT2D eigenvalue weighted by Gasteiger charge is 2.24. The van der Waals surface area contributed by atoms with Crippen LogP contribution in [0, 0.1) is 5.82 Å². The molecule has 4 rings (SSSR count). The number of anilines is 3. The summed E-state index contributed by atoms with van der Waals surface area (Å²) in [7, 11) is 1.56. The fraction of sp³-hybridized carbons (Fsp3) is 0.478. The molecule has 35 heavy (non-hydrogen) atoms. The summed E-state index contributed by atoms with van der Waals surface area (Å²) >= 11 is 5.66. The van der Waals surface area contributed by atoms with Crippen LogP contribution in [0.15, 0.2) is 18.3 Å². The SMILES string of the molecule is CCCCNc1nc(N)nc2cnn(Cc3cc(F)c(N4CCN(C(=O)CCl)CC4)cc3OC)c12. The average Bonchev–Trinajstić information content (AvgIpc) is 3.26. The molecule has 3 heterocycles. The van der Waals surface area contributed by atoms with Crippen molar-refractivity contribution in [3.05, 3.63) is 29.7 Å². The molecule has 10 nitrogen and oxygen atoms in total. The minimum Gasteiger partial charge on any atom is -0.496 e. The molecule has 0 atom stereocenters. The number of nitrogen functional groups attached to an aromatic ring is 1. The van der Waals surface area contributed by atoms with Crippen LogP contribution < -0.4 is 20.7 Å². The Bertz CT molecular complexity index is 1200. The molecule has 0 unspecified atom stereocenters. The molecular formula is C23H30ClFN8O2. The minimum absolute atomic E-state index is 0.0491. The number of nitrogens with two attached hydrogens (primary N) is 1. The second kappa shape index (κ2) is 10.9. The maximum absolute atomic E-state index is 15.3. The lowest BCUT2D eigenvalue weighted by molar-refractivity contribution is -0.128. The van der Waals surface area contributed by atoms with Crippen LogP contribution in [0.2, 0.25) is 0 Å². The van der Waals surface area contributed by atoms with E-state index in [2.05, 4.69) is 27.3 Å². The lowest BCUT2D eigenvalue weighted by Gasteiger charge is -2.36. The summed E-state index contributed by atoms with van der Waals surface area (Å²) in [5.74, 6) is 0.778. The highest BCUT2D eigenvalue weighted by atomic mass is 35.5. The predicted octanol–water partition coefficient (Wildman–Crippen LogP) is 2.70. The number of hydrogen-bond donors (Lipinski definition) is 2. The van der Waals surface area contributed by atoms with Crippen molar-refractivity contribution >= 4 is 46.0 Å². The van der Waals surface area contributed by atoms with Crippen LogP contribution in [-0.2, 0) is 11.3 Å². The van der Waals surface area contributed by atoms with E-state index in [4.69, 9.17) is 22.1 Å². The van der Waals surface area contributed by atoms with Crippen molar-refractivity contribution in [2.24, 2.45) is 0 Å². The summed E-state index contributed by atoms with van der Waals surface area (Å²) in [5.41, 5.74) is 8.25. The predicted molar refractivity (Wildman–Crippen MR) is 135 cm³/mol. The molecule has 1 aromatic carbocycles. The van der Waals surface area contributed by atoms with Gasteiger partial charge in [0.25, 0.3) is 0 Å². The van der Waals surface area contributed by atoms with E-state index in [1.165, 1.54) is 6.07 Å². The molecule has 0 spiro atoms. The zero-order chi connectivity index (χ0) is 24.9. The Labute approximate surface area is 208 Å². The van der Waals surface area contributed by atoms with Crippen LogP contribution >= 0.6 is 11.6 Å². The molecule has 1 fully saturated rings. The van der Waals surface area contributed by atoms with E-state index in [0.29, 0.717) is 60.0 Å². The number of aromatic nitrogens is 4. The molecule has 1 amide bonds. The van der Waals surface area contributed by atoms with Crippen molar-refractivity contribution in [2.45, 2.75) is 26.3 Å². The number of piperazine rings is 1. The van der Waals surface area contributed by atoms with E-state index >= 15 is 4.39 Å². The number of benzene rings is 1. The van der Waals surface area contributed by atoms with Gasteiger partial charge in [0.1, 0.15) is 28.5 Å². The Hall–Kier alpha value is -3.34. The van der Waals surface area contributed by atoms with E-state index in [0.717, 1.165) is 19.4 Å². The van der Waals surface area contributed by atoms with Gasteiger partial charge in [0.05, 0.1) is 25.5 Å². The molecule has 3 aromatic rings. The second-order valence-electron chi connectivity index (χ2n) is 8.36. The Morgan fingerprint density at radius 3 is 2.71 bits per heavy atom. The number of alkyl halides is 1. The number of carbonyl (C=O) groups excluding carboxylic acids is 1. The van der Waals surface area contributed by atoms with Crippen molar-refractivity contribution in [3.8, 4) is 5.75 Å². The maximum atomic E-state index is 15.3. The van der Waals surface area contributed by atoms with Crippen molar-refractivity contribution < 1.29 is 13.9 Å². The number of nitrogens with zero attached hydrogens (tertiary/aromatic N) is 6. The number of ether oxygens (including phenoxy) is 1. The number of nitrogens with one attached hydrogen (secondary N) is 1. The molecule has 2 aromatic heterocycles. The standard InChI is InChI=1S/C23H30ClFN8O2/c1-3-4-5-27-22-21-17(29-23(26)30-22)13-28-33(21)14-15-10-16(25)18(11-19(15)35-2)31-6-8-32(9-7-31)20(34)12-24/h10-11,13H,3-9,12,14H2,1-2H3,(H3,26,27,29,30). The second-order valence-corrected chi connectivity index (χ2v) is 8.63. The topological polar surface area (TPSA) is 114 Å². The normalized spacial score (nSPS) is 13.9. The van der Waals surface area contributed by atoms with E-state index in [1.54, 1.807) is 29.0 Å². The molecular weight excluding hydrogens is 475 g/mol. The third kappa shape index (κ3) is 5.34. The van der Waals surface area contributed by atoms with Gasteiger partial charge in [-0.05, 0) is 12.5 Å². The highest BCUT2D eigenvalue weighted by molar-refractivity contribution is 6.27. The third-order valence-electron chi connectivity index (χ3n) is 6.09. The van der Waals surface area contributed by atoms with Gasteiger partial charge in [0.2, 0.25) is 11.9 Å². The number of carbonyl (C=O) groups is 1. The summed E-state index contributed by atoms with van der Waals surface area (Å²) in [4.78, 5) is 24.1. The summed E-state index contributed by atoms with van der Waals surface area (Å²) in [6.07, 6.45) is 3.64. The van der Waals surface area contributed by atoms with Crippen LogP contribution in [-0.4, -0.2) is 76.3 Å². The smallest absolute Gasteiger partial charge is 0.237 e. The van der Waals surface area contributed by atoms with Gasteiger partial charge in [-0.3, -0.25) is 9.48 Å². The van der Waals surface area contributed by atoms with E-state index < -0.39 is 0 Å². The van der Waals surface area contributed by atoms with Gasteiger partial charge in [-0.2, -0.15) is 10.1 Å². The number of rotatable bonds is 9. The molecule has 1 aliphatic rings. The lowest BCUT2D eigenvalue weighted by atomic mass is 10.1. The highest BCUT2D eigenvalue weighted by Crippen LogP contribution is 2.31. The Morgan fingerprint density at radius 2 is 2.03 bits per heavy atom. The Balaban J connectivity index is 1.60. The molecule has 12 heteroatoms. The van der Waals surface area contributed by atoms with Crippen LogP contribution in [0.4, 0.5) is 21.8 Å². The first kappa shape index (κ1) is 24.8. The molecule has 1 saturated heterocycles. The lowest BCUT2D eigenvalue weighted by Crippen LogP contribution is -2.49. The van der Waals surface area contributed by atoms with Gasteiger partial charge in [0, 0.05) is 44.4 Å². The van der Waals surface area contributed by atoms with Gasteiger partial charge < -0.3 is 25.6 Å². The van der Waals surface area contributed by atoms with E-state index in [9.17, 15) is 4.79 Å². The Morgan fingerprint density at radius 1 is 1.26 bits per heavy atom. The molecule has 3 N–H and O–H groups in total. The first-order valence-corrected chi connectivity index (χ1v) is 12.2. The number of fused-ring (bicyclic) bond motifs is 1. The number of halogens is 2. The van der Waals surface area contributed by atoms with Crippen LogP contribution in [0.3, 0.4) is 0 Å². The molecule has 1 aliphatic heterocycles. The summed E-state index contributed by atoms with van der Waals surface area (Å²) < 4.78 is 22.6. The van der Waals surface area contributed by atoms with Gasteiger partial charge in [-0.1, -0.05) is 13.3 Å².